The largest absolute Gasteiger partial charge is 0.353 e. The number of likely N-dealkylation sites (tertiary alicyclic amines) is 1. The Balaban J connectivity index is 1.36. The molecule has 1 saturated heterocycles. The molecule has 1 aromatic carbocycles. The molecule has 2 aliphatic rings. The molecule has 31 heavy (non-hydrogen) atoms. The molecule has 1 unspecified atom stereocenters. The second kappa shape index (κ2) is 8.42. The number of carbonyl (C=O) groups is 1. The van der Waals surface area contributed by atoms with Crippen LogP contribution in [0.25, 0.3) is 16.7 Å². The van der Waals surface area contributed by atoms with Crippen LogP contribution < -0.4 is 10.9 Å². The van der Waals surface area contributed by atoms with Gasteiger partial charge in [-0.2, -0.15) is 0 Å². The lowest BCUT2D eigenvalue weighted by molar-refractivity contribution is -0.127. The van der Waals surface area contributed by atoms with E-state index in [2.05, 4.69) is 20.4 Å². The molecule has 0 radical (unpaired) electrons. The van der Waals surface area contributed by atoms with Crippen molar-refractivity contribution in [2.75, 3.05) is 13.1 Å². The smallest absolute Gasteiger partial charge is 0.262 e. The van der Waals surface area contributed by atoms with E-state index < -0.39 is 0 Å². The zero-order valence-electron chi connectivity index (χ0n) is 18.1. The average Bonchev–Trinajstić information content (AvgIpc) is 3.22. The van der Waals surface area contributed by atoms with Crippen LogP contribution in [-0.2, 0) is 18.4 Å². The lowest BCUT2D eigenvalue weighted by atomic mass is 9.93. The van der Waals surface area contributed by atoms with Gasteiger partial charge in [-0.25, -0.2) is 0 Å². The van der Waals surface area contributed by atoms with Gasteiger partial charge in [0, 0.05) is 19.6 Å². The fourth-order valence-electron chi connectivity index (χ4n) is 5.17. The van der Waals surface area contributed by atoms with E-state index >= 15 is 0 Å². The van der Waals surface area contributed by atoms with Crippen molar-refractivity contribution in [2.24, 2.45) is 13.0 Å². The second-order valence-electron chi connectivity index (χ2n) is 9.05. The van der Waals surface area contributed by atoms with Crippen LogP contribution in [0.3, 0.4) is 0 Å². The Morgan fingerprint density at radius 3 is 2.74 bits per heavy atom. The molecule has 3 aromatic rings. The van der Waals surface area contributed by atoms with Gasteiger partial charge in [0.25, 0.3) is 5.56 Å². The van der Waals surface area contributed by atoms with E-state index in [0.29, 0.717) is 23.8 Å². The van der Waals surface area contributed by atoms with E-state index in [4.69, 9.17) is 0 Å². The number of nitrogens with one attached hydrogen (secondary N) is 1. The molecule has 0 spiro atoms. The summed E-state index contributed by atoms with van der Waals surface area (Å²) in [5.41, 5.74) is 0.753. The van der Waals surface area contributed by atoms with Crippen LogP contribution in [0.1, 0.15) is 50.8 Å². The highest BCUT2D eigenvalue weighted by Crippen LogP contribution is 2.22. The van der Waals surface area contributed by atoms with Crippen molar-refractivity contribution in [3.63, 3.8) is 0 Å². The topological polar surface area (TPSA) is 84.5 Å². The number of rotatable bonds is 4. The number of aryl methyl sites for hydroxylation is 1. The summed E-state index contributed by atoms with van der Waals surface area (Å²) >= 11 is 0. The van der Waals surface area contributed by atoms with E-state index in [-0.39, 0.29) is 17.4 Å². The van der Waals surface area contributed by atoms with Crippen LogP contribution in [0, 0.1) is 5.92 Å². The lowest BCUT2D eigenvalue weighted by Gasteiger charge is -2.33. The van der Waals surface area contributed by atoms with E-state index in [9.17, 15) is 9.59 Å². The maximum atomic E-state index is 12.9. The van der Waals surface area contributed by atoms with Crippen LogP contribution >= 0.6 is 0 Å². The molecule has 8 nitrogen and oxygen atoms in total. The Labute approximate surface area is 181 Å². The van der Waals surface area contributed by atoms with Gasteiger partial charge in [-0.05, 0) is 44.4 Å². The highest BCUT2D eigenvalue weighted by Gasteiger charge is 2.28. The van der Waals surface area contributed by atoms with E-state index in [1.54, 1.807) is 11.6 Å². The summed E-state index contributed by atoms with van der Waals surface area (Å²) in [7, 11) is 1.73. The quantitative estimate of drug-likeness (QED) is 0.697. The van der Waals surface area contributed by atoms with Crippen LogP contribution in [0.4, 0.5) is 0 Å². The van der Waals surface area contributed by atoms with Gasteiger partial charge in [0.2, 0.25) is 11.7 Å². The molecule has 164 valence electrons. The van der Waals surface area contributed by atoms with Crippen molar-refractivity contribution in [3.05, 3.63) is 40.4 Å². The number of nitrogens with zero attached hydrogens (tertiary/aromatic N) is 5. The van der Waals surface area contributed by atoms with Crippen molar-refractivity contribution in [2.45, 2.75) is 57.5 Å². The molecule has 2 aromatic heterocycles. The van der Waals surface area contributed by atoms with E-state index in [1.807, 2.05) is 28.7 Å². The summed E-state index contributed by atoms with van der Waals surface area (Å²) in [5, 5.41) is 12.7. The van der Waals surface area contributed by atoms with Gasteiger partial charge in [0.05, 0.1) is 23.4 Å². The first-order valence-electron chi connectivity index (χ1n) is 11.5. The Hall–Kier alpha value is -2.74. The number of fused-ring (bicyclic) bond motifs is 3. The van der Waals surface area contributed by atoms with Crippen molar-refractivity contribution >= 4 is 22.6 Å². The number of hydrogen-bond acceptors (Lipinski definition) is 5. The van der Waals surface area contributed by atoms with Crippen LogP contribution in [-0.4, -0.2) is 49.1 Å². The third-order valence-corrected chi connectivity index (χ3v) is 6.89. The van der Waals surface area contributed by atoms with Crippen molar-refractivity contribution < 1.29 is 4.79 Å². The van der Waals surface area contributed by atoms with Crippen molar-refractivity contribution in [3.8, 4) is 0 Å². The maximum absolute atomic E-state index is 12.9. The first-order chi connectivity index (χ1) is 15.1. The predicted molar refractivity (Wildman–Crippen MR) is 119 cm³/mol. The summed E-state index contributed by atoms with van der Waals surface area (Å²) in [4.78, 5) is 27.8. The van der Waals surface area contributed by atoms with Crippen LogP contribution in [0.15, 0.2) is 29.1 Å². The number of hydrogen-bond donors (Lipinski definition) is 1. The standard InChI is InChI=1S/C23H30N6O2/c1-27-22(31)18-11-5-6-12-19(18)29-20(25-26-23(27)29)15-28-13-7-8-16(14-28)21(30)24-17-9-3-2-4-10-17/h5-6,11-12,16-17H,2-4,7-10,13-15H2,1H3,(H,24,30). The van der Waals surface area contributed by atoms with Gasteiger partial charge in [-0.3, -0.25) is 23.5 Å². The molecule has 0 bridgehead atoms. The van der Waals surface area contributed by atoms with Crippen molar-refractivity contribution in [1.29, 1.82) is 0 Å². The van der Waals surface area contributed by atoms with Gasteiger partial charge in [0.15, 0.2) is 5.82 Å². The zero-order chi connectivity index (χ0) is 21.4. The first-order valence-corrected chi connectivity index (χ1v) is 11.5. The fraction of sp³-hybridized carbons (Fsp3) is 0.565. The first kappa shape index (κ1) is 20.2. The summed E-state index contributed by atoms with van der Waals surface area (Å²) in [6, 6.07) is 7.93. The molecule has 5 rings (SSSR count). The van der Waals surface area contributed by atoms with E-state index in [1.165, 1.54) is 19.3 Å². The predicted octanol–water partition coefficient (Wildman–Crippen LogP) is 2.24. The fourth-order valence-corrected chi connectivity index (χ4v) is 5.17. The van der Waals surface area contributed by atoms with Crippen LogP contribution in [0.2, 0.25) is 0 Å². The van der Waals surface area contributed by atoms with Gasteiger partial charge in [0.1, 0.15) is 0 Å². The molecular formula is C23H30N6O2. The molecule has 8 heteroatoms. The van der Waals surface area contributed by atoms with Gasteiger partial charge < -0.3 is 5.32 Å². The normalized spacial score (nSPS) is 21.0. The molecule has 3 heterocycles. The minimum absolute atomic E-state index is 0.0240. The average molecular weight is 423 g/mol. The summed E-state index contributed by atoms with van der Waals surface area (Å²) in [6.45, 7) is 2.28. The number of carbonyl (C=O) groups excluding carboxylic acids is 1. The third kappa shape index (κ3) is 3.84. The molecule has 2 fully saturated rings. The van der Waals surface area contributed by atoms with Gasteiger partial charge >= 0.3 is 0 Å². The number of para-hydroxylation sites is 1. The van der Waals surface area contributed by atoms with Crippen molar-refractivity contribution in [1.82, 2.24) is 29.4 Å². The second-order valence-corrected chi connectivity index (χ2v) is 9.05. The molecule has 1 N–H and O–H groups in total. The Kier molecular flexibility index (Phi) is 5.48. The third-order valence-electron chi connectivity index (χ3n) is 6.89. The minimum atomic E-state index is -0.0699. The molecular weight excluding hydrogens is 392 g/mol. The lowest BCUT2D eigenvalue weighted by Crippen LogP contribution is -2.46. The molecule has 1 atom stereocenters. The molecule has 1 amide bonds. The SMILES string of the molecule is Cn1c(=O)c2ccccc2n2c(CN3CCCC(C(=O)NC4CCCCC4)C3)nnc12. The number of piperidine rings is 1. The van der Waals surface area contributed by atoms with Gasteiger partial charge in [-0.15, -0.1) is 10.2 Å². The zero-order valence-corrected chi connectivity index (χ0v) is 18.1. The summed E-state index contributed by atoms with van der Waals surface area (Å²) in [5.74, 6) is 1.57. The Morgan fingerprint density at radius 2 is 1.90 bits per heavy atom. The molecule has 1 aliphatic heterocycles. The monoisotopic (exact) mass is 422 g/mol. The number of amides is 1. The highest BCUT2D eigenvalue weighted by molar-refractivity contribution is 5.80. The highest BCUT2D eigenvalue weighted by atomic mass is 16.2. The van der Waals surface area contributed by atoms with Gasteiger partial charge in [-0.1, -0.05) is 31.4 Å². The molecule has 1 saturated carbocycles. The van der Waals surface area contributed by atoms with E-state index in [0.717, 1.165) is 50.1 Å². The Bertz CT molecular complexity index is 1160. The summed E-state index contributed by atoms with van der Waals surface area (Å²) < 4.78 is 3.53. The van der Waals surface area contributed by atoms with Crippen LogP contribution in [0.5, 0.6) is 0 Å². The maximum Gasteiger partial charge on any atom is 0.262 e. The number of aromatic nitrogens is 4. The minimum Gasteiger partial charge on any atom is -0.353 e. The summed E-state index contributed by atoms with van der Waals surface area (Å²) in [6.07, 6.45) is 7.89. The molecule has 1 aliphatic carbocycles. The number of benzene rings is 1. The Morgan fingerprint density at radius 1 is 1.10 bits per heavy atom.